The van der Waals surface area contributed by atoms with Crippen LogP contribution >= 0.6 is 0 Å². The topological polar surface area (TPSA) is 46.3 Å². The molecule has 0 aromatic heterocycles. The van der Waals surface area contributed by atoms with E-state index in [-0.39, 0.29) is 0 Å². The summed E-state index contributed by atoms with van der Waals surface area (Å²) in [7, 11) is 0. The van der Waals surface area contributed by atoms with Gasteiger partial charge in [-0.05, 0) is 13.8 Å². The average Bonchev–Trinajstić information content (AvgIpc) is 2.33. The zero-order valence-corrected chi connectivity index (χ0v) is 6.24. The van der Waals surface area contributed by atoms with Gasteiger partial charge in [-0.3, -0.25) is 0 Å². The van der Waals surface area contributed by atoms with Gasteiger partial charge >= 0.3 is 0 Å². The molecular weight excluding hydrogens is 130 g/mol. The van der Waals surface area contributed by atoms with Gasteiger partial charge in [-0.1, -0.05) is 0 Å². The van der Waals surface area contributed by atoms with E-state index < -0.39 is 5.66 Å². The standard InChI is InChI=1S/C6H11N3O/c1-3-10-4-6(2)7-5-8-9-6/h5H,3-4H2,1-2H3. The van der Waals surface area contributed by atoms with Crippen LogP contribution in [0.15, 0.2) is 15.2 Å². The van der Waals surface area contributed by atoms with Gasteiger partial charge in [-0.15, -0.1) is 5.11 Å². The summed E-state index contributed by atoms with van der Waals surface area (Å²) in [6.45, 7) is 5.04. The predicted octanol–water partition coefficient (Wildman–Crippen LogP) is 1.23. The van der Waals surface area contributed by atoms with Crippen molar-refractivity contribution < 1.29 is 4.74 Å². The minimum atomic E-state index is -0.448. The molecule has 0 radical (unpaired) electrons. The molecule has 10 heavy (non-hydrogen) atoms. The van der Waals surface area contributed by atoms with E-state index in [0.717, 1.165) is 0 Å². The van der Waals surface area contributed by atoms with Crippen molar-refractivity contribution in [2.45, 2.75) is 19.5 Å². The summed E-state index contributed by atoms with van der Waals surface area (Å²) in [4.78, 5) is 4.02. The Labute approximate surface area is 60.0 Å². The van der Waals surface area contributed by atoms with Gasteiger partial charge in [-0.2, -0.15) is 5.11 Å². The van der Waals surface area contributed by atoms with Crippen molar-refractivity contribution in [1.82, 2.24) is 0 Å². The lowest BCUT2D eigenvalue weighted by atomic mass is 10.2. The molecule has 1 rings (SSSR count). The molecule has 0 aromatic carbocycles. The van der Waals surface area contributed by atoms with Gasteiger partial charge in [0.2, 0.25) is 0 Å². The zero-order chi connectivity index (χ0) is 7.45. The predicted molar refractivity (Wildman–Crippen MR) is 38.2 cm³/mol. The van der Waals surface area contributed by atoms with Crippen LogP contribution in [0.25, 0.3) is 0 Å². The van der Waals surface area contributed by atoms with Crippen LogP contribution in [-0.2, 0) is 4.74 Å². The minimum Gasteiger partial charge on any atom is -0.377 e. The van der Waals surface area contributed by atoms with Crippen LogP contribution in [0, 0.1) is 0 Å². The Morgan fingerprint density at radius 2 is 2.40 bits per heavy atom. The fourth-order valence-electron chi connectivity index (χ4n) is 0.688. The molecule has 1 heterocycles. The van der Waals surface area contributed by atoms with E-state index in [4.69, 9.17) is 4.74 Å². The molecule has 0 bridgehead atoms. The number of ether oxygens (including phenoxy) is 1. The first-order chi connectivity index (χ1) is 4.77. The number of aliphatic imine (C=N–C) groups is 1. The fourth-order valence-corrected chi connectivity index (χ4v) is 0.688. The van der Waals surface area contributed by atoms with Gasteiger partial charge in [0.05, 0.1) is 6.61 Å². The van der Waals surface area contributed by atoms with Gasteiger partial charge in [0.1, 0.15) is 6.34 Å². The van der Waals surface area contributed by atoms with Gasteiger partial charge in [-0.25, -0.2) is 4.99 Å². The van der Waals surface area contributed by atoms with E-state index in [1.807, 2.05) is 13.8 Å². The highest BCUT2D eigenvalue weighted by Crippen LogP contribution is 2.16. The molecule has 1 unspecified atom stereocenters. The molecule has 0 N–H and O–H groups in total. The highest BCUT2D eigenvalue weighted by molar-refractivity contribution is 5.57. The summed E-state index contributed by atoms with van der Waals surface area (Å²) in [6.07, 6.45) is 1.46. The van der Waals surface area contributed by atoms with Crippen molar-refractivity contribution in [2.24, 2.45) is 15.2 Å². The van der Waals surface area contributed by atoms with Gasteiger partial charge in [0.25, 0.3) is 0 Å². The van der Waals surface area contributed by atoms with E-state index in [1.54, 1.807) is 0 Å². The molecule has 1 aliphatic rings. The molecule has 0 saturated carbocycles. The molecule has 0 aromatic rings. The Morgan fingerprint density at radius 3 is 2.90 bits per heavy atom. The lowest BCUT2D eigenvalue weighted by Gasteiger charge is -2.13. The maximum Gasteiger partial charge on any atom is 0.193 e. The molecule has 4 heteroatoms. The molecule has 0 fully saturated rings. The largest absolute Gasteiger partial charge is 0.377 e. The number of rotatable bonds is 3. The normalized spacial score (nSPS) is 29.8. The summed E-state index contributed by atoms with van der Waals surface area (Å²) in [5.74, 6) is 0. The van der Waals surface area contributed by atoms with E-state index in [0.29, 0.717) is 13.2 Å². The highest BCUT2D eigenvalue weighted by atomic mass is 16.5. The molecule has 56 valence electrons. The monoisotopic (exact) mass is 141 g/mol. The number of azo groups is 1. The molecule has 1 atom stereocenters. The van der Waals surface area contributed by atoms with Crippen LogP contribution in [-0.4, -0.2) is 25.2 Å². The lowest BCUT2D eigenvalue weighted by Crippen LogP contribution is -2.23. The van der Waals surface area contributed by atoms with Crippen LogP contribution in [0.3, 0.4) is 0 Å². The Hall–Kier alpha value is -0.770. The van der Waals surface area contributed by atoms with Crippen molar-refractivity contribution in [3.05, 3.63) is 0 Å². The average molecular weight is 141 g/mol. The van der Waals surface area contributed by atoms with E-state index >= 15 is 0 Å². The number of hydrogen-bond acceptors (Lipinski definition) is 4. The second-order valence-electron chi connectivity index (χ2n) is 2.31. The summed E-state index contributed by atoms with van der Waals surface area (Å²) in [5, 5.41) is 7.53. The molecular formula is C6H11N3O. The van der Waals surface area contributed by atoms with Crippen LogP contribution < -0.4 is 0 Å². The maximum absolute atomic E-state index is 5.15. The third-order valence-electron chi connectivity index (χ3n) is 1.24. The van der Waals surface area contributed by atoms with Crippen molar-refractivity contribution in [1.29, 1.82) is 0 Å². The summed E-state index contributed by atoms with van der Waals surface area (Å²) < 4.78 is 5.15. The van der Waals surface area contributed by atoms with Crippen molar-refractivity contribution in [2.75, 3.05) is 13.2 Å². The van der Waals surface area contributed by atoms with Crippen molar-refractivity contribution in [3.63, 3.8) is 0 Å². The summed E-state index contributed by atoms with van der Waals surface area (Å²) in [5.41, 5.74) is -0.448. The zero-order valence-electron chi connectivity index (χ0n) is 6.24. The van der Waals surface area contributed by atoms with Crippen LogP contribution in [0.1, 0.15) is 13.8 Å². The smallest absolute Gasteiger partial charge is 0.193 e. The Bertz CT molecular complexity index is 152. The summed E-state index contributed by atoms with van der Waals surface area (Å²) >= 11 is 0. The fraction of sp³-hybridized carbons (Fsp3) is 0.833. The third-order valence-corrected chi connectivity index (χ3v) is 1.24. The molecule has 1 aliphatic heterocycles. The molecule has 4 nitrogen and oxygen atoms in total. The highest BCUT2D eigenvalue weighted by Gasteiger charge is 2.24. The molecule has 0 saturated heterocycles. The van der Waals surface area contributed by atoms with E-state index in [9.17, 15) is 0 Å². The quantitative estimate of drug-likeness (QED) is 0.583. The van der Waals surface area contributed by atoms with Crippen LogP contribution in [0.5, 0.6) is 0 Å². The Balaban J connectivity index is 2.38. The van der Waals surface area contributed by atoms with Gasteiger partial charge in [0.15, 0.2) is 5.66 Å². The molecule has 0 aliphatic carbocycles. The van der Waals surface area contributed by atoms with Crippen LogP contribution in [0.2, 0.25) is 0 Å². The van der Waals surface area contributed by atoms with Gasteiger partial charge in [0, 0.05) is 6.61 Å². The van der Waals surface area contributed by atoms with Crippen molar-refractivity contribution in [3.8, 4) is 0 Å². The first kappa shape index (κ1) is 7.34. The first-order valence-corrected chi connectivity index (χ1v) is 3.30. The minimum absolute atomic E-state index is 0.448. The Morgan fingerprint density at radius 1 is 1.60 bits per heavy atom. The molecule has 0 spiro atoms. The van der Waals surface area contributed by atoms with E-state index in [1.165, 1.54) is 6.34 Å². The maximum atomic E-state index is 5.15. The SMILES string of the molecule is CCOCC1(C)N=CN=N1. The third kappa shape index (κ3) is 1.60. The number of nitrogens with zero attached hydrogens (tertiary/aromatic N) is 3. The van der Waals surface area contributed by atoms with Crippen molar-refractivity contribution >= 4 is 6.34 Å². The first-order valence-electron chi connectivity index (χ1n) is 3.30. The second-order valence-corrected chi connectivity index (χ2v) is 2.31. The number of hydrogen-bond donors (Lipinski definition) is 0. The lowest BCUT2D eigenvalue weighted by molar-refractivity contribution is 0.105. The van der Waals surface area contributed by atoms with Gasteiger partial charge < -0.3 is 4.74 Å². The van der Waals surface area contributed by atoms with Crippen LogP contribution in [0.4, 0.5) is 0 Å². The second kappa shape index (κ2) is 2.88. The Kier molecular flexibility index (Phi) is 2.11. The van der Waals surface area contributed by atoms with E-state index in [2.05, 4.69) is 15.2 Å². The molecule has 0 amide bonds. The summed E-state index contributed by atoms with van der Waals surface area (Å²) in [6, 6.07) is 0.